The van der Waals surface area contributed by atoms with E-state index < -0.39 is 23.8 Å². The molecule has 0 aliphatic carbocycles. The molecule has 12 aromatic heterocycles. The van der Waals surface area contributed by atoms with Crippen LogP contribution in [-0.4, -0.2) is 172 Å². The van der Waals surface area contributed by atoms with Gasteiger partial charge in [-0.15, -0.1) is 0 Å². The van der Waals surface area contributed by atoms with Crippen molar-refractivity contribution < 1.29 is 23.6 Å². The number of amides is 4. The second-order valence-electron chi connectivity index (χ2n) is 26.1. The molecule has 14 heterocycles. The Balaban J connectivity index is 0.000000143. The van der Waals surface area contributed by atoms with Crippen molar-refractivity contribution in [3.63, 3.8) is 0 Å². The number of rotatable bonds is 19. The minimum atomic E-state index is -0.652. The van der Waals surface area contributed by atoms with E-state index in [1.54, 1.807) is 103 Å². The quantitative estimate of drug-likeness (QED) is 0.0206. The van der Waals surface area contributed by atoms with Crippen LogP contribution in [0.2, 0.25) is 20.1 Å². The summed E-state index contributed by atoms with van der Waals surface area (Å²) in [5, 5.41) is 36.9. The molecule has 35 heteroatoms. The largest absolute Gasteiger partial charge is 0.358 e. The third-order valence-electron chi connectivity index (χ3n) is 17.6. The minimum absolute atomic E-state index is 0.00129. The zero-order valence-electron chi connectivity index (χ0n) is 59.8. The molecule has 4 amide bonds. The molecule has 1 unspecified atom stereocenters. The van der Waals surface area contributed by atoms with Crippen LogP contribution in [-0.2, 0) is 19.2 Å². The summed E-state index contributed by atoms with van der Waals surface area (Å²) in [6, 6.07) is 12.8. The van der Waals surface area contributed by atoms with Gasteiger partial charge in [-0.3, -0.25) is 24.5 Å². The van der Waals surface area contributed by atoms with Gasteiger partial charge >= 0.3 is 0 Å². The van der Waals surface area contributed by atoms with Crippen LogP contribution >= 0.6 is 46.4 Å². The highest BCUT2D eigenvalue weighted by Crippen LogP contribution is 2.35. The van der Waals surface area contributed by atoms with Crippen molar-refractivity contribution in [2.24, 2.45) is 11.8 Å². The van der Waals surface area contributed by atoms with E-state index >= 15 is 0 Å². The van der Waals surface area contributed by atoms with Crippen LogP contribution in [0.4, 0.5) is 27.7 Å². The van der Waals surface area contributed by atoms with Gasteiger partial charge in [-0.2, -0.15) is 10.5 Å². The first kappa shape index (κ1) is 77.3. The Kier molecular flexibility index (Phi) is 25.1. The molecule has 556 valence electrons. The Morgan fingerprint density at radius 2 is 1.00 bits per heavy atom. The van der Waals surface area contributed by atoms with Gasteiger partial charge in [0, 0.05) is 145 Å². The lowest BCUT2D eigenvalue weighted by molar-refractivity contribution is -0.131. The van der Waals surface area contributed by atoms with Crippen LogP contribution in [0.5, 0.6) is 0 Å². The van der Waals surface area contributed by atoms with Gasteiger partial charge in [0.05, 0.1) is 32.4 Å². The summed E-state index contributed by atoms with van der Waals surface area (Å²) in [5.74, 6) is 2.71. The maximum Gasteiger partial charge on any atom is 0.255 e. The summed E-state index contributed by atoms with van der Waals surface area (Å²) in [6.45, 7) is 15.7. The number of halogens is 5. The number of nitriles is 2. The number of aromatic amines is 4. The third-order valence-corrected chi connectivity index (χ3v) is 18.4. The smallest absolute Gasteiger partial charge is 0.255 e. The van der Waals surface area contributed by atoms with E-state index in [1.807, 2.05) is 83.8 Å². The molecular weight excluding hydrogens is 1470 g/mol. The van der Waals surface area contributed by atoms with E-state index in [1.165, 1.54) is 6.20 Å². The number of nitrogens with zero attached hydrogens (tertiary/aromatic N) is 17. The summed E-state index contributed by atoms with van der Waals surface area (Å²) in [6.07, 6.45) is 23.9. The van der Waals surface area contributed by atoms with Crippen LogP contribution in [0, 0.1) is 40.4 Å². The molecule has 0 aromatic carbocycles. The molecule has 9 N–H and O–H groups in total. The Labute approximate surface area is 638 Å². The molecular formula is C73H75Cl4FN26O4. The Morgan fingerprint density at radius 3 is 1.44 bits per heavy atom. The maximum atomic E-state index is 14.5. The second kappa shape index (κ2) is 35.1. The molecule has 0 spiro atoms. The monoisotopic (exact) mass is 1540 g/mol. The molecule has 0 saturated carbocycles. The number of hydrogen-bond acceptors (Lipinski definition) is 22. The number of likely N-dealkylation sites (N-methyl/N-ethyl adjacent to an activating group) is 1. The highest BCUT2D eigenvalue weighted by Gasteiger charge is 2.35. The number of hydrogen-bond donors (Lipinski definition) is 9. The fraction of sp³-hybridized carbons (Fsp3) is 0.315. The lowest BCUT2D eigenvalue weighted by Crippen LogP contribution is -2.45. The molecule has 12 aromatic rings. The molecule has 2 aliphatic heterocycles. The maximum absolute atomic E-state index is 14.5. The molecule has 0 radical (unpaired) electrons. The zero-order valence-corrected chi connectivity index (χ0v) is 62.8. The van der Waals surface area contributed by atoms with Gasteiger partial charge in [-0.25, -0.2) is 64.2 Å². The fourth-order valence-corrected chi connectivity index (χ4v) is 12.9. The topological polar surface area (TPSA) is 404 Å². The average molecular weight is 1540 g/mol. The van der Waals surface area contributed by atoms with Crippen molar-refractivity contribution in [2.45, 2.75) is 104 Å². The van der Waals surface area contributed by atoms with E-state index in [9.17, 15) is 23.6 Å². The lowest BCUT2D eigenvalue weighted by atomic mass is 10.0. The lowest BCUT2D eigenvalue weighted by Gasteiger charge is -2.26. The van der Waals surface area contributed by atoms with E-state index in [2.05, 4.69) is 106 Å². The standard InChI is InChI=1S/2C19H23ClN6O.C18H16ClN7O.C17H13ClFN7O/c1-10(2)16(19(27)24-11(3)4)25-15-5-6-21-18(26-15)14-9-23-17-13(14)7-12(20)8-22-17;1-5-26(4)19(27)16(11(2)3)24-15-6-7-21-18(25-15)14-10-23-17-13(14)8-12(20)9-22-17;19-11-8-12-13(10-24-16(12)23-9-11)17-21-5-3-15(25-17)26-7-1-2-14(26)18(27)22-6-4-20;18-9-4-10-11(6-22-14(10)21-5-9)15-23-7-12(19)16(25-15)26-3-1-2-13(26)17(27)24-8-20/h5-11,16H,1-4H3,(H,22,23)(H,24,27)(H,21,25,26);6-11,16H,5H2,1-4H3,(H,22,23)(H,21,24,25);3,5,8-10,14H,1-2,6-7H2,(H,22,27)(H,23,24);4-7,13H,1-3H2,(H,21,22)(H,24,27)/t2*16-;14-;/m111./s1. The Hall–Kier alpha value is -11.8. The number of pyridine rings is 4. The average Bonchev–Trinajstić information content (AvgIpc) is 1.63. The number of carbonyl (C=O) groups is 4. The fourth-order valence-electron chi connectivity index (χ4n) is 12.2. The molecule has 2 saturated heterocycles. The van der Waals surface area contributed by atoms with E-state index in [0.29, 0.717) is 109 Å². The van der Waals surface area contributed by atoms with Crippen molar-refractivity contribution >= 4 is 137 Å². The first-order valence-electron chi connectivity index (χ1n) is 34.5. The van der Waals surface area contributed by atoms with Gasteiger partial charge in [0.15, 0.2) is 41.1 Å². The summed E-state index contributed by atoms with van der Waals surface area (Å²) in [4.78, 5) is 119. The molecule has 108 heavy (non-hydrogen) atoms. The SMILES string of the molecule is CC(C)NC(=O)[C@H](Nc1ccnc(-c2c[nH]c3ncc(Cl)cc23)n1)C(C)C.CCN(C)C(=O)[C@H](Nc1ccnc(-c2c[nH]c3ncc(Cl)cc23)n1)C(C)C.N#CCNC(=O)[C@H]1CCCN1c1ccnc(-c2c[nH]c3ncc(Cl)cc23)n1.N#CNC(=O)C1CCCN1c1nc(-c2c[nH]c3ncc(Cl)cc23)ncc1F. The summed E-state index contributed by atoms with van der Waals surface area (Å²) < 4.78 is 14.5. The van der Waals surface area contributed by atoms with E-state index in [4.69, 9.17) is 56.9 Å². The number of fused-ring (bicyclic) bond motifs is 4. The van der Waals surface area contributed by atoms with Crippen LogP contribution in [0.15, 0.2) is 117 Å². The van der Waals surface area contributed by atoms with Gasteiger partial charge in [0.2, 0.25) is 17.7 Å². The number of H-pyrrole nitrogens is 4. The van der Waals surface area contributed by atoms with Crippen molar-refractivity contribution in [2.75, 3.05) is 53.7 Å². The number of anilines is 4. The predicted molar refractivity (Wildman–Crippen MR) is 413 cm³/mol. The van der Waals surface area contributed by atoms with Crippen molar-refractivity contribution in [1.29, 1.82) is 10.5 Å². The number of aromatic nitrogens is 16. The summed E-state index contributed by atoms with van der Waals surface area (Å²) in [7, 11) is 1.80. The summed E-state index contributed by atoms with van der Waals surface area (Å²) in [5.41, 5.74) is 5.78. The first-order valence-corrected chi connectivity index (χ1v) is 36.0. The van der Waals surface area contributed by atoms with Crippen LogP contribution in [0.1, 0.15) is 74.1 Å². The molecule has 4 atom stereocenters. The van der Waals surface area contributed by atoms with Crippen LogP contribution in [0.25, 0.3) is 89.7 Å². The molecule has 30 nitrogen and oxygen atoms in total. The Bertz CT molecular complexity index is 5330. The third kappa shape index (κ3) is 18.2. The van der Waals surface area contributed by atoms with Crippen molar-refractivity contribution in [3.05, 3.63) is 143 Å². The van der Waals surface area contributed by atoms with Crippen LogP contribution in [0.3, 0.4) is 0 Å². The molecule has 0 bridgehead atoms. The van der Waals surface area contributed by atoms with Crippen molar-refractivity contribution in [1.82, 2.24) is 101 Å². The van der Waals surface area contributed by atoms with Crippen molar-refractivity contribution in [3.8, 4) is 57.8 Å². The molecule has 14 rings (SSSR count). The van der Waals surface area contributed by atoms with Gasteiger partial charge in [0.1, 0.15) is 70.8 Å². The van der Waals surface area contributed by atoms with Gasteiger partial charge in [0.25, 0.3) is 5.91 Å². The normalized spacial score (nSPS) is 14.5. The molecule has 2 fully saturated rings. The number of nitrogens with one attached hydrogen (secondary N) is 9. The van der Waals surface area contributed by atoms with E-state index in [0.717, 1.165) is 64.1 Å². The predicted octanol–water partition coefficient (Wildman–Crippen LogP) is 11.9. The van der Waals surface area contributed by atoms with Gasteiger partial charge in [-0.1, -0.05) is 74.1 Å². The first-order chi connectivity index (χ1) is 52.0. The van der Waals surface area contributed by atoms with Gasteiger partial charge in [-0.05, 0) is 101 Å². The number of carbonyl (C=O) groups excluding carboxylic acids is 4. The highest BCUT2D eigenvalue weighted by atomic mass is 35.5. The zero-order chi connectivity index (χ0) is 76.9. The highest BCUT2D eigenvalue weighted by molar-refractivity contribution is 6.32. The molecule has 2 aliphatic rings. The minimum Gasteiger partial charge on any atom is -0.358 e. The van der Waals surface area contributed by atoms with Gasteiger partial charge < -0.3 is 55.9 Å². The summed E-state index contributed by atoms with van der Waals surface area (Å²) >= 11 is 24.2. The van der Waals surface area contributed by atoms with Crippen LogP contribution < -0.4 is 36.4 Å². The van der Waals surface area contributed by atoms with E-state index in [-0.39, 0.29) is 65.9 Å². The second-order valence-corrected chi connectivity index (χ2v) is 27.8. The Morgan fingerprint density at radius 1 is 0.574 bits per heavy atom.